The number of hydrogen-bond donors (Lipinski definition) is 1. The molecule has 0 bridgehead atoms. The first-order valence-corrected chi connectivity index (χ1v) is 4.18. The van der Waals surface area contributed by atoms with E-state index in [9.17, 15) is 5.11 Å². The second kappa shape index (κ2) is 3.78. The average Bonchev–Trinajstić information content (AvgIpc) is 2.04. The quantitative estimate of drug-likeness (QED) is 0.819. The molecule has 3 nitrogen and oxygen atoms in total. The van der Waals surface area contributed by atoms with Crippen LogP contribution < -0.4 is 0 Å². The Hall–Kier alpha value is -0.480. The molecule has 0 amide bonds. The van der Waals surface area contributed by atoms with Crippen molar-refractivity contribution in [3.8, 4) is 0 Å². The zero-order valence-electron chi connectivity index (χ0n) is 6.16. The van der Waals surface area contributed by atoms with Crippen LogP contribution in [-0.4, -0.2) is 15.1 Å². The summed E-state index contributed by atoms with van der Waals surface area (Å²) in [6.45, 7) is 1.90. The number of nitrogens with zero attached hydrogens (tertiary/aromatic N) is 2. The summed E-state index contributed by atoms with van der Waals surface area (Å²) in [6.07, 6.45) is 3.22. The van der Waals surface area contributed by atoms with Crippen LogP contribution in [0.5, 0.6) is 0 Å². The fraction of sp³-hybridized carbons (Fsp3) is 0.429. The molecule has 0 spiro atoms. The Balaban J connectivity index is 2.93. The molecule has 0 saturated heterocycles. The minimum atomic E-state index is -0.493. The van der Waals surface area contributed by atoms with Gasteiger partial charge in [0.25, 0.3) is 0 Å². The van der Waals surface area contributed by atoms with E-state index < -0.39 is 6.10 Å². The van der Waals surface area contributed by atoms with Crippen LogP contribution in [0.25, 0.3) is 0 Å². The lowest BCUT2D eigenvalue weighted by atomic mass is 10.2. The van der Waals surface area contributed by atoms with Crippen molar-refractivity contribution in [2.24, 2.45) is 0 Å². The van der Waals surface area contributed by atoms with Gasteiger partial charge in [0.05, 0.1) is 16.3 Å². The number of aliphatic hydroxyl groups excluding tert-OH is 1. The van der Waals surface area contributed by atoms with Crippen LogP contribution in [-0.2, 0) is 0 Å². The van der Waals surface area contributed by atoms with Crippen LogP contribution in [0.1, 0.15) is 25.1 Å². The summed E-state index contributed by atoms with van der Waals surface area (Å²) in [5.41, 5.74) is 0.655. The number of rotatable bonds is 2. The van der Waals surface area contributed by atoms with Crippen LogP contribution in [0.2, 0.25) is 0 Å². The summed E-state index contributed by atoms with van der Waals surface area (Å²) in [5, 5.41) is 9.39. The number of aliphatic hydroxyl groups is 1. The Morgan fingerprint density at radius 1 is 1.73 bits per heavy atom. The molecule has 0 aliphatic heterocycles. The van der Waals surface area contributed by atoms with E-state index in [1.165, 1.54) is 6.33 Å². The molecular weight excluding hydrogens is 208 g/mol. The fourth-order valence-electron chi connectivity index (χ4n) is 0.761. The highest BCUT2D eigenvalue weighted by Gasteiger charge is 2.09. The van der Waals surface area contributed by atoms with Crippen LogP contribution in [0, 0.1) is 0 Å². The van der Waals surface area contributed by atoms with Gasteiger partial charge in [-0.05, 0) is 22.4 Å². The van der Waals surface area contributed by atoms with E-state index in [1.54, 1.807) is 6.20 Å². The molecule has 1 aromatic heterocycles. The van der Waals surface area contributed by atoms with Crippen LogP contribution in [0.3, 0.4) is 0 Å². The summed E-state index contributed by atoms with van der Waals surface area (Å²) in [7, 11) is 0. The molecule has 0 saturated carbocycles. The lowest BCUT2D eigenvalue weighted by Crippen LogP contribution is -1.99. The summed E-state index contributed by atoms with van der Waals surface area (Å²) in [6, 6.07) is 0. The van der Waals surface area contributed by atoms with Gasteiger partial charge < -0.3 is 5.11 Å². The highest BCUT2D eigenvalue weighted by molar-refractivity contribution is 9.10. The van der Waals surface area contributed by atoms with Gasteiger partial charge in [0.1, 0.15) is 6.33 Å². The molecule has 1 unspecified atom stereocenters. The highest BCUT2D eigenvalue weighted by atomic mass is 79.9. The van der Waals surface area contributed by atoms with Crippen LogP contribution in [0.15, 0.2) is 17.0 Å². The number of aromatic nitrogens is 2. The first-order valence-electron chi connectivity index (χ1n) is 3.39. The van der Waals surface area contributed by atoms with Crippen molar-refractivity contribution >= 4 is 15.9 Å². The first kappa shape index (κ1) is 8.62. The van der Waals surface area contributed by atoms with Gasteiger partial charge in [-0.15, -0.1) is 0 Å². The van der Waals surface area contributed by atoms with Crippen molar-refractivity contribution in [3.05, 3.63) is 22.7 Å². The maximum absolute atomic E-state index is 9.39. The predicted molar refractivity (Wildman–Crippen MR) is 45.0 cm³/mol. The Kier molecular flexibility index (Phi) is 2.96. The van der Waals surface area contributed by atoms with E-state index in [0.29, 0.717) is 12.1 Å². The molecule has 1 atom stereocenters. The van der Waals surface area contributed by atoms with Crippen molar-refractivity contribution in [3.63, 3.8) is 0 Å². The molecular formula is C7H9BrN2O. The first-order chi connectivity index (χ1) is 5.25. The summed E-state index contributed by atoms with van der Waals surface area (Å²) in [4.78, 5) is 7.73. The lowest BCUT2D eigenvalue weighted by molar-refractivity contribution is 0.168. The summed E-state index contributed by atoms with van der Waals surface area (Å²) < 4.78 is 0.759. The maximum atomic E-state index is 9.39. The van der Waals surface area contributed by atoms with E-state index in [4.69, 9.17) is 0 Å². The van der Waals surface area contributed by atoms with Gasteiger partial charge in [-0.25, -0.2) is 9.97 Å². The van der Waals surface area contributed by atoms with Gasteiger partial charge in [0.2, 0.25) is 0 Å². The van der Waals surface area contributed by atoms with Crippen LogP contribution in [0.4, 0.5) is 0 Å². The second-order valence-electron chi connectivity index (χ2n) is 2.18. The normalized spacial score (nSPS) is 13.0. The molecule has 60 valence electrons. The third-order valence-corrected chi connectivity index (χ3v) is 2.01. The minimum Gasteiger partial charge on any atom is -0.387 e. The van der Waals surface area contributed by atoms with Crippen molar-refractivity contribution < 1.29 is 5.11 Å². The molecule has 1 aromatic rings. The fourth-order valence-corrected chi connectivity index (χ4v) is 1.25. The van der Waals surface area contributed by atoms with Gasteiger partial charge in [0.15, 0.2) is 0 Å². The predicted octanol–water partition coefficient (Wildman–Crippen LogP) is 1.68. The van der Waals surface area contributed by atoms with Gasteiger partial charge >= 0.3 is 0 Å². The molecule has 0 aliphatic rings. The summed E-state index contributed by atoms with van der Waals surface area (Å²) >= 11 is 3.25. The van der Waals surface area contributed by atoms with E-state index in [-0.39, 0.29) is 0 Å². The molecule has 0 fully saturated rings. The maximum Gasteiger partial charge on any atom is 0.115 e. The zero-order chi connectivity index (χ0) is 8.27. The van der Waals surface area contributed by atoms with E-state index in [1.807, 2.05) is 6.92 Å². The van der Waals surface area contributed by atoms with Gasteiger partial charge in [-0.3, -0.25) is 0 Å². The smallest absolute Gasteiger partial charge is 0.115 e. The molecule has 1 heterocycles. The van der Waals surface area contributed by atoms with Crippen molar-refractivity contribution in [1.82, 2.24) is 9.97 Å². The van der Waals surface area contributed by atoms with Gasteiger partial charge in [0, 0.05) is 6.20 Å². The lowest BCUT2D eigenvalue weighted by Gasteiger charge is -2.07. The Bertz CT molecular complexity index is 242. The molecule has 0 radical (unpaired) electrons. The Labute approximate surface area is 73.6 Å². The van der Waals surface area contributed by atoms with Crippen molar-refractivity contribution in [2.75, 3.05) is 0 Å². The SMILES string of the molecule is CCC(O)c1ncncc1Br. The monoisotopic (exact) mass is 216 g/mol. The number of hydrogen-bond acceptors (Lipinski definition) is 3. The minimum absolute atomic E-state index is 0.493. The van der Waals surface area contributed by atoms with E-state index >= 15 is 0 Å². The van der Waals surface area contributed by atoms with E-state index in [0.717, 1.165) is 4.47 Å². The molecule has 0 aliphatic carbocycles. The highest BCUT2D eigenvalue weighted by Crippen LogP contribution is 2.21. The zero-order valence-corrected chi connectivity index (χ0v) is 7.74. The van der Waals surface area contributed by atoms with Crippen LogP contribution >= 0.6 is 15.9 Å². The molecule has 4 heteroatoms. The number of halogens is 1. The Morgan fingerprint density at radius 2 is 2.45 bits per heavy atom. The average molecular weight is 217 g/mol. The third-order valence-electron chi connectivity index (χ3n) is 1.40. The third kappa shape index (κ3) is 1.97. The largest absolute Gasteiger partial charge is 0.387 e. The standard InChI is InChI=1S/C7H9BrN2O/c1-2-6(11)7-5(8)3-9-4-10-7/h3-4,6,11H,2H2,1H3. The topological polar surface area (TPSA) is 46.0 Å². The Morgan fingerprint density at radius 3 is 3.00 bits per heavy atom. The molecule has 1 rings (SSSR count). The summed E-state index contributed by atoms with van der Waals surface area (Å²) in [5.74, 6) is 0. The second-order valence-corrected chi connectivity index (χ2v) is 3.03. The van der Waals surface area contributed by atoms with Gasteiger partial charge in [-0.2, -0.15) is 0 Å². The molecule has 11 heavy (non-hydrogen) atoms. The van der Waals surface area contributed by atoms with Gasteiger partial charge in [-0.1, -0.05) is 6.92 Å². The van der Waals surface area contributed by atoms with E-state index in [2.05, 4.69) is 25.9 Å². The molecule has 0 aromatic carbocycles. The van der Waals surface area contributed by atoms with Crippen molar-refractivity contribution in [2.45, 2.75) is 19.4 Å². The molecule has 1 N–H and O–H groups in total. The van der Waals surface area contributed by atoms with Crippen molar-refractivity contribution in [1.29, 1.82) is 0 Å².